The smallest absolute Gasteiger partial charge is 0.341 e. The monoisotopic (exact) mass is 392 g/mol. The number of carbonyl (C=O) groups is 1. The molecule has 0 aliphatic carbocycles. The molecule has 3 aromatic rings. The van der Waals surface area contributed by atoms with Crippen LogP contribution in [0.2, 0.25) is 0 Å². The standard InChI is InChI=1S/C17H10BrFO5/c18-10-1-4-14(19)13(6-10)17(22)23-8-9-5-16(21)24-15-7-11(20)2-3-12(9)15/h1-7,20H,8H2. The Labute approximate surface area is 143 Å². The van der Waals surface area contributed by atoms with E-state index in [0.29, 0.717) is 15.4 Å². The van der Waals surface area contributed by atoms with Gasteiger partial charge in [-0.2, -0.15) is 0 Å². The van der Waals surface area contributed by atoms with Crippen LogP contribution in [-0.4, -0.2) is 11.1 Å². The second-order valence-corrected chi connectivity index (χ2v) is 5.89. The number of ether oxygens (including phenoxy) is 1. The van der Waals surface area contributed by atoms with Gasteiger partial charge in [-0.05, 0) is 30.3 Å². The van der Waals surface area contributed by atoms with Crippen LogP contribution in [0.3, 0.4) is 0 Å². The molecule has 1 heterocycles. The molecular formula is C17H10BrFO5. The summed E-state index contributed by atoms with van der Waals surface area (Å²) in [5.74, 6) is -1.62. The number of carbonyl (C=O) groups excluding carboxylic acids is 1. The van der Waals surface area contributed by atoms with Gasteiger partial charge in [0.25, 0.3) is 0 Å². The van der Waals surface area contributed by atoms with Gasteiger partial charge in [-0.1, -0.05) is 15.9 Å². The molecule has 3 rings (SSSR count). The van der Waals surface area contributed by atoms with Crippen LogP contribution >= 0.6 is 15.9 Å². The predicted molar refractivity (Wildman–Crippen MR) is 87.4 cm³/mol. The van der Waals surface area contributed by atoms with Crippen LogP contribution in [-0.2, 0) is 11.3 Å². The van der Waals surface area contributed by atoms with Crippen molar-refractivity contribution in [3.8, 4) is 5.75 Å². The Balaban J connectivity index is 1.89. The van der Waals surface area contributed by atoms with E-state index in [1.807, 2.05) is 0 Å². The summed E-state index contributed by atoms with van der Waals surface area (Å²) < 4.78 is 24.3. The first kappa shape index (κ1) is 16.2. The minimum absolute atomic E-state index is 0.0593. The molecule has 0 spiro atoms. The van der Waals surface area contributed by atoms with Gasteiger partial charge in [0.05, 0.1) is 5.56 Å². The summed E-state index contributed by atoms with van der Waals surface area (Å²) in [6.07, 6.45) is 0. The van der Waals surface area contributed by atoms with Crippen molar-refractivity contribution in [1.29, 1.82) is 0 Å². The molecule has 1 aromatic heterocycles. The number of hydrogen-bond acceptors (Lipinski definition) is 5. The van der Waals surface area contributed by atoms with Crippen molar-refractivity contribution in [1.82, 2.24) is 0 Å². The second kappa shape index (κ2) is 6.45. The number of rotatable bonds is 3. The highest BCUT2D eigenvalue weighted by molar-refractivity contribution is 9.10. The van der Waals surface area contributed by atoms with Crippen molar-refractivity contribution in [3.63, 3.8) is 0 Å². The Morgan fingerprint density at radius 2 is 2.00 bits per heavy atom. The predicted octanol–water partition coefficient (Wildman–Crippen LogP) is 3.76. The van der Waals surface area contributed by atoms with Crippen molar-refractivity contribution < 1.29 is 23.4 Å². The summed E-state index contributed by atoms with van der Waals surface area (Å²) in [7, 11) is 0. The Kier molecular flexibility index (Phi) is 4.35. The molecule has 5 nitrogen and oxygen atoms in total. The van der Waals surface area contributed by atoms with Gasteiger partial charge in [-0.25, -0.2) is 14.0 Å². The summed E-state index contributed by atoms with van der Waals surface area (Å²) in [6, 6.07) is 9.36. The van der Waals surface area contributed by atoms with Crippen molar-refractivity contribution in [2.45, 2.75) is 6.61 Å². The van der Waals surface area contributed by atoms with Gasteiger partial charge in [0.2, 0.25) is 0 Å². The number of phenols is 1. The SMILES string of the molecule is O=C(OCc1cc(=O)oc2cc(O)ccc12)c1cc(Br)ccc1F. The minimum atomic E-state index is -0.853. The quantitative estimate of drug-likeness (QED) is 0.542. The lowest BCUT2D eigenvalue weighted by Crippen LogP contribution is -2.09. The van der Waals surface area contributed by atoms with E-state index >= 15 is 0 Å². The Hall–Kier alpha value is -2.67. The average molecular weight is 393 g/mol. The number of benzene rings is 2. The maximum absolute atomic E-state index is 13.7. The van der Waals surface area contributed by atoms with Gasteiger partial charge < -0.3 is 14.3 Å². The van der Waals surface area contributed by atoms with E-state index in [1.165, 1.54) is 36.4 Å². The first-order valence-corrected chi connectivity index (χ1v) is 7.61. The Morgan fingerprint density at radius 1 is 1.21 bits per heavy atom. The fraction of sp³-hybridized carbons (Fsp3) is 0.0588. The molecule has 24 heavy (non-hydrogen) atoms. The molecule has 7 heteroatoms. The number of halogens is 2. The maximum Gasteiger partial charge on any atom is 0.341 e. The molecule has 0 unspecified atom stereocenters. The highest BCUT2D eigenvalue weighted by Gasteiger charge is 2.15. The van der Waals surface area contributed by atoms with E-state index in [0.717, 1.165) is 6.07 Å². The number of aromatic hydroxyl groups is 1. The first-order valence-electron chi connectivity index (χ1n) is 6.82. The molecule has 0 bridgehead atoms. The van der Waals surface area contributed by atoms with Crippen LogP contribution in [0.4, 0.5) is 4.39 Å². The van der Waals surface area contributed by atoms with Crippen molar-refractivity contribution >= 4 is 32.9 Å². The van der Waals surface area contributed by atoms with Gasteiger partial charge in [-0.15, -0.1) is 0 Å². The number of fused-ring (bicyclic) bond motifs is 1. The summed E-state index contributed by atoms with van der Waals surface area (Å²) in [5, 5.41) is 9.95. The molecule has 0 radical (unpaired) electrons. The van der Waals surface area contributed by atoms with E-state index in [9.17, 15) is 19.1 Å². The molecular weight excluding hydrogens is 383 g/mol. The lowest BCUT2D eigenvalue weighted by atomic mass is 10.1. The van der Waals surface area contributed by atoms with Gasteiger partial charge in [0.1, 0.15) is 23.8 Å². The Bertz CT molecular complexity index is 996. The topological polar surface area (TPSA) is 76.7 Å². The molecule has 0 amide bonds. The van der Waals surface area contributed by atoms with Crippen LogP contribution in [0.15, 0.2) is 56.1 Å². The molecule has 0 fully saturated rings. The largest absolute Gasteiger partial charge is 0.508 e. The van der Waals surface area contributed by atoms with Crippen LogP contribution < -0.4 is 5.63 Å². The van der Waals surface area contributed by atoms with E-state index < -0.39 is 17.4 Å². The molecule has 0 atom stereocenters. The minimum Gasteiger partial charge on any atom is -0.508 e. The first-order chi connectivity index (χ1) is 11.4. The summed E-state index contributed by atoms with van der Waals surface area (Å²) in [5.41, 5.74) is -0.297. The molecule has 0 saturated heterocycles. The molecule has 0 aliphatic rings. The Morgan fingerprint density at radius 3 is 2.79 bits per heavy atom. The third kappa shape index (κ3) is 3.30. The van der Waals surface area contributed by atoms with Gasteiger partial charge in [-0.3, -0.25) is 0 Å². The number of esters is 1. The fourth-order valence-electron chi connectivity index (χ4n) is 2.21. The number of phenolic OH excluding ortho intramolecular Hbond substituents is 1. The van der Waals surface area contributed by atoms with Crippen molar-refractivity contribution in [3.05, 3.63) is 74.3 Å². The van der Waals surface area contributed by atoms with Gasteiger partial charge >= 0.3 is 11.6 Å². The zero-order valence-electron chi connectivity index (χ0n) is 12.1. The van der Waals surface area contributed by atoms with E-state index in [-0.39, 0.29) is 23.5 Å². The van der Waals surface area contributed by atoms with E-state index in [4.69, 9.17) is 9.15 Å². The van der Waals surface area contributed by atoms with Gasteiger partial charge in [0, 0.05) is 27.6 Å². The van der Waals surface area contributed by atoms with Crippen molar-refractivity contribution in [2.75, 3.05) is 0 Å². The summed E-state index contributed by atoms with van der Waals surface area (Å²) >= 11 is 3.16. The lowest BCUT2D eigenvalue weighted by molar-refractivity contribution is 0.0468. The second-order valence-electron chi connectivity index (χ2n) is 4.97. The average Bonchev–Trinajstić information content (AvgIpc) is 2.54. The number of hydrogen-bond donors (Lipinski definition) is 1. The zero-order chi connectivity index (χ0) is 17.3. The highest BCUT2D eigenvalue weighted by Crippen LogP contribution is 2.23. The maximum atomic E-state index is 13.7. The molecule has 122 valence electrons. The third-order valence-corrected chi connectivity index (χ3v) is 3.81. The normalized spacial score (nSPS) is 10.8. The molecule has 0 aliphatic heterocycles. The third-order valence-electron chi connectivity index (χ3n) is 3.32. The van der Waals surface area contributed by atoms with Gasteiger partial charge in [0.15, 0.2) is 0 Å². The summed E-state index contributed by atoms with van der Waals surface area (Å²) in [4.78, 5) is 23.6. The van der Waals surface area contributed by atoms with Crippen LogP contribution in [0, 0.1) is 5.82 Å². The van der Waals surface area contributed by atoms with Crippen LogP contribution in [0.1, 0.15) is 15.9 Å². The zero-order valence-corrected chi connectivity index (χ0v) is 13.7. The molecule has 2 aromatic carbocycles. The lowest BCUT2D eigenvalue weighted by Gasteiger charge is -2.08. The van der Waals surface area contributed by atoms with Crippen LogP contribution in [0.5, 0.6) is 5.75 Å². The molecule has 0 saturated carbocycles. The van der Waals surface area contributed by atoms with E-state index in [2.05, 4.69) is 15.9 Å². The molecule has 1 N–H and O–H groups in total. The van der Waals surface area contributed by atoms with Crippen LogP contribution in [0.25, 0.3) is 11.0 Å². The van der Waals surface area contributed by atoms with Crippen molar-refractivity contribution in [2.24, 2.45) is 0 Å². The fourth-order valence-corrected chi connectivity index (χ4v) is 2.57. The highest BCUT2D eigenvalue weighted by atomic mass is 79.9. The summed E-state index contributed by atoms with van der Waals surface area (Å²) in [6.45, 7) is -0.238. The van der Waals surface area contributed by atoms with E-state index in [1.54, 1.807) is 0 Å².